The maximum absolute atomic E-state index is 11.7. The van der Waals surface area contributed by atoms with Gasteiger partial charge in [0.1, 0.15) is 0 Å². The number of hydrogen-bond acceptors (Lipinski definition) is 3. The van der Waals surface area contributed by atoms with Crippen molar-refractivity contribution >= 4 is 16.8 Å². The SMILES string of the molecule is COC(=O)C#CCCS(=O)c1ccccc1. The van der Waals surface area contributed by atoms with Gasteiger partial charge in [-0.3, -0.25) is 4.21 Å². The molecule has 0 fully saturated rings. The predicted octanol–water partition coefficient (Wildman–Crippen LogP) is 1.36. The summed E-state index contributed by atoms with van der Waals surface area (Å²) >= 11 is 0. The predicted molar refractivity (Wildman–Crippen MR) is 62.1 cm³/mol. The molecule has 1 aromatic rings. The third-order valence-electron chi connectivity index (χ3n) is 1.79. The van der Waals surface area contributed by atoms with Gasteiger partial charge in [-0.2, -0.15) is 0 Å². The van der Waals surface area contributed by atoms with Crippen LogP contribution in [0.15, 0.2) is 35.2 Å². The molecule has 1 aromatic carbocycles. The summed E-state index contributed by atoms with van der Waals surface area (Å²) in [5, 5.41) is 0. The third-order valence-corrected chi connectivity index (χ3v) is 3.17. The van der Waals surface area contributed by atoms with Crippen molar-refractivity contribution in [3.63, 3.8) is 0 Å². The molecule has 16 heavy (non-hydrogen) atoms. The number of methoxy groups -OCH3 is 1. The van der Waals surface area contributed by atoms with Crippen LogP contribution in [-0.4, -0.2) is 23.0 Å². The molecule has 0 saturated carbocycles. The first kappa shape index (κ1) is 12.5. The van der Waals surface area contributed by atoms with Crippen LogP contribution in [0, 0.1) is 11.8 Å². The van der Waals surface area contributed by atoms with Crippen molar-refractivity contribution < 1.29 is 13.7 Å². The van der Waals surface area contributed by atoms with Gasteiger partial charge >= 0.3 is 5.97 Å². The minimum atomic E-state index is -1.05. The maximum Gasteiger partial charge on any atom is 0.384 e. The minimum Gasteiger partial charge on any atom is -0.459 e. The Hall–Kier alpha value is -1.60. The average Bonchev–Trinajstić information content (AvgIpc) is 2.35. The molecular weight excluding hydrogens is 224 g/mol. The van der Waals surface area contributed by atoms with Crippen molar-refractivity contribution in [2.75, 3.05) is 12.9 Å². The molecule has 1 unspecified atom stereocenters. The van der Waals surface area contributed by atoms with Gasteiger partial charge in [-0.05, 0) is 12.1 Å². The number of benzene rings is 1. The van der Waals surface area contributed by atoms with E-state index in [9.17, 15) is 9.00 Å². The van der Waals surface area contributed by atoms with Crippen molar-refractivity contribution in [3.8, 4) is 11.8 Å². The first-order chi connectivity index (χ1) is 7.74. The van der Waals surface area contributed by atoms with Gasteiger partial charge in [0, 0.05) is 23.0 Å². The van der Waals surface area contributed by atoms with Crippen molar-refractivity contribution in [1.29, 1.82) is 0 Å². The molecule has 0 heterocycles. The lowest BCUT2D eigenvalue weighted by Gasteiger charge is -1.97. The normalized spacial score (nSPS) is 11.1. The van der Waals surface area contributed by atoms with Gasteiger partial charge < -0.3 is 4.74 Å². The Morgan fingerprint density at radius 3 is 2.69 bits per heavy atom. The van der Waals surface area contributed by atoms with Gasteiger partial charge in [-0.1, -0.05) is 24.1 Å². The largest absolute Gasteiger partial charge is 0.459 e. The molecule has 0 N–H and O–H groups in total. The van der Waals surface area contributed by atoms with E-state index in [0.717, 1.165) is 4.90 Å². The fraction of sp³-hybridized carbons (Fsp3) is 0.250. The zero-order valence-corrected chi connectivity index (χ0v) is 9.75. The highest BCUT2D eigenvalue weighted by atomic mass is 32.2. The summed E-state index contributed by atoms with van der Waals surface area (Å²) in [5.41, 5.74) is 0. The summed E-state index contributed by atoms with van der Waals surface area (Å²) in [6.07, 6.45) is 0.413. The Bertz CT molecular complexity index is 429. The highest BCUT2D eigenvalue weighted by Crippen LogP contribution is 2.05. The Morgan fingerprint density at radius 2 is 2.06 bits per heavy atom. The quantitative estimate of drug-likeness (QED) is 0.452. The standard InChI is InChI=1S/C12H12O3S/c1-15-12(13)9-5-6-10-16(14)11-7-3-2-4-8-11/h2-4,7-8H,6,10H2,1H3. The summed E-state index contributed by atoms with van der Waals surface area (Å²) < 4.78 is 16.0. The molecule has 0 aliphatic rings. The second-order valence-electron chi connectivity index (χ2n) is 2.91. The molecule has 0 aliphatic heterocycles. The molecule has 0 saturated heterocycles. The van der Waals surface area contributed by atoms with Crippen LogP contribution >= 0.6 is 0 Å². The second kappa shape index (κ2) is 6.81. The second-order valence-corrected chi connectivity index (χ2v) is 4.48. The zero-order valence-electron chi connectivity index (χ0n) is 8.93. The van der Waals surface area contributed by atoms with E-state index < -0.39 is 16.8 Å². The number of carbonyl (C=O) groups is 1. The van der Waals surface area contributed by atoms with E-state index in [1.54, 1.807) is 0 Å². The van der Waals surface area contributed by atoms with E-state index >= 15 is 0 Å². The van der Waals surface area contributed by atoms with Crippen molar-refractivity contribution in [3.05, 3.63) is 30.3 Å². The van der Waals surface area contributed by atoms with E-state index in [1.807, 2.05) is 30.3 Å². The molecule has 3 nitrogen and oxygen atoms in total. The highest BCUT2D eigenvalue weighted by molar-refractivity contribution is 7.85. The average molecular weight is 236 g/mol. The molecule has 4 heteroatoms. The van der Waals surface area contributed by atoms with Crippen LogP contribution in [0.5, 0.6) is 0 Å². The monoisotopic (exact) mass is 236 g/mol. The van der Waals surface area contributed by atoms with E-state index in [0.29, 0.717) is 12.2 Å². The zero-order chi connectivity index (χ0) is 11.8. The van der Waals surface area contributed by atoms with Crippen molar-refractivity contribution in [2.24, 2.45) is 0 Å². The molecule has 0 radical (unpaired) electrons. The van der Waals surface area contributed by atoms with Gasteiger partial charge in [-0.25, -0.2) is 4.79 Å². The van der Waals surface area contributed by atoms with E-state index in [2.05, 4.69) is 16.6 Å². The topological polar surface area (TPSA) is 43.4 Å². The highest BCUT2D eigenvalue weighted by Gasteiger charge is 2.00. The van der Waals surface area contributed by atoms with Gasteiger partial charge in [-0.15, -0.1) is 0 Å². The van der Waals surface area contributed by atoms with Crippen LogP contribution in [0.4, 0.5) is 0 Å². The lowest BCUT2D eigenvalue weighted by Crippen LogP contribution is -1.98. The molecule has 0 aliphatic carbocycles. The third kappa shape index (κ3) is 4.28. The van der Waals surface area contributed by atoms with Gasteiger partial charge in [0.15, 0.2) is 0 Å². The fourth-order valence-corrected chi connectivity index (χ4v) is 2.00. The molecule has 0 spiro atoms. The molecule has 84 valence electrons. The molecule has 1 rings (SSSR count). The van der Waals surface area contributed by atoms with Crippen LogP contribution in [0.3, 0.4) is 0 Å². The Kier molecular flexibility index (Phi) is 5.30. The Morgan fingerprint density at radius 1 is 1.38 bits per heavy atom. The number of ether oxygens (including phenoxy) is 1. The van der Waals surface area contributed by atoms with Crippen molar-refractivity contribution in [2.45, 2.75) is 11.3 Å². The Balaban J connectivity index is 2.42. The maximum atomic E-state index is 11.7. The number of carbonyl (C=O) groups excluding carboxylic acids is 1. The van der Waals surface area contributed by atoms with Crippen LogP contribution < -0.4 is 0 Å². The summed E-state index contributed by atoms with van der Waals surface area (Å²) in [5.74, 6) is 4.77. The lowest BCUT2D eigenvalue weighted by atomic mass is 10.4. The fourth-order valence-electron chi connectivity index (χ4n) is 1.02. The minimum absolute atomic E-state index is 0.413. The van der Waals surface area contributed by atoms with Crippen LogP contribution in [-0.2, 0) is 20.3 Å². The summed E-state index contributed by atoms with van der Waals surface area (Å²) in [6.45, 7) is 0. The van der Waals surface area contributed by atoms with Crippen LogP contribution in [0.2, 0.25) is 0 Å². The van der Waals surface area contributed by atoms with Crippen molar-refractivity contribution in [1.82, 2.24) is 0 Å². The van der Waals surface area contributed by atoms with Gasteiger partial charge in [0.25, 0.3) is 0 Å². The molecule has 0 amide bonds. The van der Waals surface area contributed by atoms with Crippen LogP contribution in [0.25, 0.3) is 0 Å². The van der Waals surface area contributed by atoms with E-state index in [4.69, 9.17) is 0 Å². The first-order valence-electron chi connectivity index (χ1n) is 4.74. The number of hydrogen-bond donors (Lipinski definition) is 0. The first-order valence-corrected chi connectivity index (χ1v) is 6.06. The molecule has 1 atom stereocenters. The molecular formula is C12H12O3S. The van der Waals surface area contributed by atoms with E-state index in [1.165, 1.54) is 7.11 Å². The summed E-state index contributed by atoms with van der Waals surface area (Å²) in [6, 6.07) is 9.17. The Labute approximate surface area is 97.3 Å². The van der Waals surface area contributed by atoms with Gasteiger partial charge in [0.05, 0.1) is 17.9 Å². The number of rotatable bonds is 3. The molecule has 0 aromatic heterocycles. The number of esters is 1. The smallest absolute Gasteiger partial charge is 0.384 e. The summed E-state index contributed by atoms with van der Waals surface area (Å²) in [4.78, 5) is 11.4. The molecule has 0 bridgehead atoms. The van der Waals surface area contributed by atoms with Gasteiger partial charge in [0.2, 0.25) is 0 Å². The lowest BCUT2D eigenvalue weighted by molar-refractivity contribution is -0.133. The van der Waals surface area contributed by atoms with Crippen LogP contribution in [0.1, 0.15) is 6.42 Å². The van der Waals surface area contributed by atoms with E-state index in [-0.39, 0.29) is 0 Å². The summed E-state index contributed by atoms with van der Waals surface area (Å²) in [7, 11) is 0.222.